The molecule has 1 unspecified atom stereocenters. The number of amidine groups is 1. The number of sulfonamides is 1. The minimum atomic E-state index is -4.22. The number of benzene rings is 3. The zero-order valence-electron chi connectivity index (χ0n) is 23.6. The normalized spacial score (nSPS) is 14.3. The van der Waals surface area contributed by atoms with E-state index in [2.05, 4.69) is 15.4 Å². The van der Waals surface area contributed by atoms with E-state index in [4.69, 9.17) is 9.47 Å². The molecule has 0 saturated heterocycles. The number of hydrogen-bond donors (Lipinski definition) is 2. The molecule has 5 rings (SSSR count). The van der Waals surface area contributed by atoms with Crippen LogP contribution in [0.3, 0.4) is 0 Å². The third-order valence-electron chi connectivity index (χ3n) is 6.78. The number of ether oxygens (including phenoxy) is 2. The maximum atomic E-state index is 14.0. The van der Waals surface area contributed by atoms with Gasteiger partial charge in [-0.25, -0.2) is 22.5 Å². The molecule has 13 heteroatoms. The highest BCUT2D eigenvalue weighted by Crippen LogP contribution is 2.35. The van der Waals surface area contributed by atoms with Crippen LogP contribution in [-0.4, -0.2) is 65.6 Å². The Bertz CT molecular complexity index is 1830. The highest BCUT2D eigenvalue weighted by Gasteiger charge is 2.41. The smallest absolute Gasteiger partial charge is 0.338 e. The van der Waals surface area contributed by atoms with Crippen molar-refractivity contribution in [1.29, 1.82) is 0 Å². The van der Waals surface area contributed by atoms with E-state index in [1.54, 1.807) is 42.5 Å². The number of rotatable bonds is 10. The molecule has 0 aliphatic carbocycles. The van der Waals surface area contributed by atoms with Gasteiger partial charge >= 0.3 is 5.97 Å². The largest absolute Gasteiger partial charge is 0.495 e. The second-order valence-corrected chi connectivity index (χ2v) is 11.6. The average molecular weight is 604 g/mol. The molecule has 4 aromatic rings. The van der Waals surface area contributed by atoms with Crippen molar-refractivity contribution < 1.29 is 32.6 Å². The number of aryl methyl sites for hydroxylation is 2. The summed E-state index contributed by atoms with van der Waals surface area (Å²) in [7, 11) is -2.78. The number of carbonyl (C=O) groups excluding carboxylic acids is 1. The summed E-state index contributed by atoms with van der Waals surface area (Å²) in [4.78, 5) is 30.3. The van der Waals surface area contributed by atoms with E-state index in [1.807, 2.05) is 26.0 Å². The molecule has 3 aromatic carbocycles. The molecule has 0 radical (unpaired) electrons. The summed E-state index contributed by atoms with van der Waals surface area (Å²) in [5.41, 5.74) is 2.19. The van der Waals surface area contributed by atoms with Crippen molar-refractivity contribution in [3.8, 4) is 11.5 Å². The van der Waals surface area contributed by atoms with Crippen LogP contribution in [0.4, 0.5) is 11.4 Å². The number of amides is 1. The molecule has 1 amide bonds. The first-order valence-corrected chi connectivity index (χ1v) is 14.7. The van der Waals surface area contributed by atoms with E-state index < -0.39 is 27.9 Å². The molecular weight excluding hydrogens is 574 g/mol. The predicted octanol–water partition coefficient (Wildman–Crippen LogP) is 4.20. The Kier molecular flexibility index (Phi) is 8.17. The van der Waals surface area contributed by atoms with Gasteiger partial charge < -0.3 is 19.9 Å². The van der Waals surface area contributed by atoms with Crippen molar-refractivity contribution in [1.82, 2.24) is 14.1 Å². The molecular formula is C30H29N5O7S. The summed E-state index contributed by atoms with van der Waals surface area (Å²) in [6.45, 7) is 3.58. The molecule has 43 heavy (non-hydrogen) atoms. The Morgan fingerprint density at radius 3 is 2.49 bits per heavy atom. The molecule has 0 fully saturated rings. The van der Waals surface area contributed by atoms with Gasteiger partial charge in [0, 0.05) is 6.20 Å². The number of aromatic carboxylic acids is 1. The molecule has 1 atom stereocenters. The summed E-state index contributed by atoms with van der Waals surface area (Å²) >= 11 is 0. The van der Waals surface area contributed by atoms with Gasteiger partial charge in [0.25, 0.3) is 15.9 Å². The van der Waals surface area contributed by atoms with Crippen molar-refractivity contribution in [2.45, 2.75) is 24.8 Å². The molecule has 0 saturated carbocycles. The van der Waals surface area contributed by atoms with Gasteiger partial charge in [0.05, 0.1) is 36.8 Å². The Hall–Kier alpha value is -5.17. The molecule has 0 bridgehead atoms. The Balaban J connectivity index is 1.59. The van der Waals surface area contributed by atoms with E-state index in [0.29, 0.717) is 17.2 Å². The van der Waals surface area contributed by atoms with Gasteiger partial charge in [0.1, 0.15) is 23.0 Å². The second-order valence-electron chi connectivity index (χ2n) is 9.74. The van der Waals surface area contributed by atoms with E-state index in [-0.39, 0.29) is 35.1 Å². The summed E-state index contributed by atoms with van der Waals surface area (Å²) in [6, 6.07) is 17.0. The first-order valence-electron chi connectivity index (χ1n) is 13.2. The lowest BCUT2D eigenvalue weighted by Gasteiger charge is -2.33. The lowest BCUT2D eigenvalue weighted by molar-refractivity contribution is -0.117. The molecule has 222 valence electrons. The Morgan fingerprint density at radius 1 is 1.02 bits per heavy atom. The molecule has 0 spiro atoms. The number of para-hydroxylation sites is 3. The maximum absolute atomic E-state index is 14.0. The fraction of sp³-hybridized carbons (Fsp3) is 0.200. The Morgan fingerprint density at radius 2 is 1.77 bits per heavy atom. The minimum Gasteiger partial charge on any atom is -0.495 e. The van der Waals surface area contributed by atoms with Crippen LogP contribution in [0.2, 0.25) is 0 Å². The number of methoxy groups -OCH3 is 1. The standard InChI is InChI=1S/C30H29N5O7S/c1-19-12-13-24(20(2)16-19)42-15-14-35-28(32-23-9-5-7-11-26(23)43(35,39)40)27(34-18-21(17-31-34)30(37)38)29(36)33-22-8-4-6-10-25(22)41-3/h4-13,16-18,27H,14-15H2,1-3H3,(H,33,36)(H,37,38). The number of nitrogens with zero attached hydrogens (tertiary/aromatic N) is 4. The van der Waals surface area contributed by atoms with Crippen LogP contribution >= 0.6 is 0 Å². The summed E-state index contributed by atoms with van der Waals surface area (Å²) in [5, 5.41) is 16.4. The van der Waals surface area contributed by atoms with Gasteiger partial charge in [-0.3, -0.25) is 9.48 Å². The van der Waals surface area contributed by atoms with E-state index >= 15 is 0 Å². The van der Waals surface area contributed by atoms with Crippen molar-refractivity contribution in [3.63, 3.8) is 0 Å². The first-order chi connectivity index (χ1) is 20.6. The predicted molar refractivity (Wildman–Crippen MR) is 159 cm³/mol. The lowest BCUT2D eigenvalue weighted by Crippen LogP contribution is -2.48. The maximum Gasteiger partial charge on any atom is 0.338 e. The molecule has 2 N–H and O–H groups in total. The first kappa shape index (κ1) is 29.3. The molecule has 12 nitrogen and oxygen atoms in total. The molecule has 1 aliphatic heterocycles. The number of nitrogens with one attached hydrogen (secondary N) is 1. The van der Waals surface area contributed by atoms with Crippen LogP contribution in [0.15, 0.2) is 89.0 Å². The average Bonchev–Trinajstić information content (AvgIpc) is 3.46. The monoisotopic (exact) mass is 603 g/mol. The molecule has 2 heterocycles. The highest BCUT2D eigenvalue weighted by molar-refractivity contribution is 7.90. The van der Waals surface area contributed by atoms with Crippen LogP contribution in [0.25, 0.3) is 0 Å². The third-order valence-corrected chi connectivity index (χ3v) is 8.63. The quantitative estimate of drug-likeness (QED) is 0.274. The number of aliphatic imine (C=N–C) groups is 1. The van der Waals surface area contributed by atoms with Crippen LogP contribution in [0, 0.1) is 13.8 Å². The van der Waals surface area contributed by atoms with E-state index in [0.717, 1.165) is 32.5 Å². The zero-order valence-corrected chi connectivity index (χ0v) is 24.4. The Labute approximate surface area is 248 Å². The minimum absolute atomic E-state index is 0.0409. The number of carboxylic acids is 1. The van der Waals surface area contributed by atoms with Crippen LogP contribution in [-0.2, 0) is 14.8 Å². The SMILES string of the molecule is COc1ccccc1NC(=O)C(C1=Nc2ccccc2S(=O)(=O)N1CCOc1ccc(C)cc1C)n1cc(C(=O)O)cn1. The highest BCUT2D eigenvalue weighted by atomic mass is 32.2. The molecule has 1 aliphatic rings. The zero-order chi connectivity index (χ0) is 30.7. The number of fused-ring (bicyclic) bond motifs is 1. The van der Waals surface area contributed by atoms with Crippen molar-refractivity contribution in [2.24, 2.45) is 4.99 Å². The third kappa shape index (κ3) is 5.93. The summed E-state index contributed by atoms with van der Waals surface area (Å²) in [5.74, 6) is -1.22. The molecule has 1 aromatic heterocycles. The van der Waals surface area contributed by atoms with Gasteiger partial charge in [0.15, 0.2) is 11.9 Å². The lowest BCUT2D eigenvalue weighted by atomic mass is 10.1. The summed E-state index contributed by atoms with van der Waals surface area (Å²) in [6.07, 6.45) is 2.22. The fourth-order valence-corrected chi connectivity index (χ4v) is 6.28. The van der Waals surface area contributed by atoms with Crippen LogP contribution < -0.4 is 14.8 Å². The van der Waals surface area contributed by atoms with E-state index in [9.17, 15) is 23.1 Å². The second kappa shape index (κ2) is 12.0. The van der Waals surface area contributed by atoms with Crippen molar-refractivity contribution in [3.05, 3.63) is 95.8 Å². The fourth-order valence-electron chi connectivity index (χ4n) is 4.72. The van der Waals surface area contributed by atoms with E-state index in [1.165, 1.54) is 19.2 Å². The topological polar surface area (TPSA) is 152 Å². The van der Waals surface area contributed by atoms with Gasteiger partial charge in [-0.1, -0.05) is 42.0 Å². The van der Waals surface area contributed by atoms with Crippen LogP contribution in [0.5, 0.6) is 11.5 Å². The van der Waals surface area contributed by atoms with Gasteiger partial charge in [-0.15, -0.1) is 0 Å². The van der Waals surface area contributed by atoms with Crippen molar-refractivity contribution >= 4 is 39.1 Å². The number of carbonyl (C=O) groups is 2. The van der Waals surface area contributed by atoms with Crippen molar-refractivity contribution in [2.75, 3.05) is 25.6 Å². The number of hydrogen-bond acceptors (Lipinski definition) is 8. The van der Waals surface area contributed by atoms with Gasteiger partial charge in [-0.05, 0) is 49.7 Å². The van der Waals surface area contributed by atoms with Crippen LogP contribution in [0.1, 0.15) is 27.5 Å². The summed E-state index contributed by atoms with van der Waals surface area (Å²) < 4.78 is 41.4. The van der Waals surface area contributed by atoms with Gasteiger partial charge in [-0.2, -0.15) is 5.10 Å². The number of carboxylic acid groups (broad SMARTS) is 1. The number of anilines is 1. The van der Waals surface area contributed by atoms with Gasteiger partial charge in [0.2, 0.25) is 0 Å². The number of aromatic nitrogens is 2.